The van der Waals surface area contributed by atoms with Crippen molar-refractivity contribution in [2.24, 2.45) is 0 Å². The van der Waals surface area contributed by atoms with Crippen molar-refractivity contribution in [3.8, 4) is 17.1 Å². The van der Waals surface area contributed by atoms with Crippen molar-refractivity contribution in [3.05, 3.63) is 54.5 Å². The Balaban J connectivity index is 1.80. The normalized spacial score (nSPS) is 13.3. The van der Waals surface area contributed by atoms with Gasteiger partial charge < -0.3 is 15.4 Å². The van der Waals surface area contributed by atoms with Gasteiger partial charge in [-0.25, -0.2) is 4.98 Å². The van der Waals surface area contributed by atoms with Crippen LogP contribution in [0.3, 0.4) is 0 Å². The van der Waals surface area contributed by atoms with Crippen LogP contribution in [0.15, 0.2) is 48.8 Å². The maximum Gasteiger partial charge on any atom is 0.161 e. The molecule has 6 nitrogen and oxygen atoms in total. The summed E-state index contributed by atoms with van der Waals surface area (Å²) < 4.78 is 5.75. The molecule has 3 aromatic rings. The Kier molecular flexibility index (Phi) is 3.49. The minimum absolute atomic E-state index is 0.496. The summed E-state index contributed by atoms with van der Waals surface area (Å²) in [6.45, 7) is 3.30. The molecular weight excluding hydrogens is 302 g/mol. The Morgan fingerprint density at radius 1 is 1.12 bits per heavy atom. The number of hydrogen-bond donors (Lipinski definition) is 1. The lowest BCUT2D eigenvalue weighted by molar-refractivity contribution is 0.313. The molecule has 0 bridgehead atoms. The molecule has 4 rings (SSSR count). The molecule has 0 fully saturated rings. The second-order valence-electron chi connectivity index (χ2n) is 5.64. The summed E-state index contributed by atoms with van der Waals surface area (Å²) in [4.78, 5) is 15.3. The summed E-state index contributed by atoms with van der Waals surface area (Å²) in [7, 11) is 0. The van der Waals surface area contributed by atoms with E-state index in [0.29, 0.717) is 12.4 Å². The fraction of sp³-hybridized carbons (Fsp3) is 0.167. The zero-order valence-electron chi connectivity index (χ0n) is 13.3. The number of pyridine rings is 3. The summed E-state index contributed by atoms with van der Waals surface area (Å²) in [6.07, 6.45) is 3.47. The van der Waals surface area contributed by atoms with Gasteiger partial charge in [0.05, 0.1) is 29.8 Å². The first-order valence-corrected chi connectivity index (χ1v) is 7.77. The van der Waals surface area contributed by atoms with Crippen molar-refractivity contribution in [1.29, 1.82) is 0 Å². The van der Waals surface area contributed by atoms with Crippen LogP contribution < -0.4 is 15.4 Å². The third-order valence-electron chi connectivity index (χ3n) is 3.94. The number of nitrogen functional groups attached to an aromatic ring is 1. The molecule has 0 atom stereocenters. The molecule has 120 valence electrons. The third-order valence-corrected chi connectivity index (χ3v) is 3.94. The zero-order chi connectivity index (χ0) is 16.5. The maximum absolute atomic E-state index is 5.83. The molecule has 0 amide bonds. The van der Waals surface area contributed by atoms with Crippen LogP contribution in [0.1, 0.15) is 5.69 Å². The van der Waals surface area contributed by atoms with E-state index in [1.54, 1.807) is 12.4 Å². The highest BCUT2D eigenvalue weighted by molar-refractivity contribution is 5.74. The average molecular weight is 319 g/mol. The van der Waals surface area contributed by atoms with E-state index in [9.17, 15) is 0 Å². The first kappa shape index (κ1) is 14.4. The predicted molar refractivity (Wildman–Crippen MR) is 93.4 cm³/mol. The van der Waals surface area contributed by atoms with Crippen LogP contribution in [-0.4, -0.2) is 28.1 Å². The van der Waals surface area contributed by atoms with E-state index in [1.807, 2.05) is 43.3 Å². The summed E-state index contributed by atoms with van der Waals surface area (Å²) in [6, 6.07) is 11.7. The molecule has 2 N–H and O–H groups in total. The first-order valence-electron chi connectivity index (χ1n) is 7.77. The van der Waals surface area contributed by atoms with Crippen LogP contribution in [0.2, 0.25) is 0 Å². The number of aryl methyl sites for hydroxylation is 1. The quantitative estimate of drug-likeness (QED) is 0.782. The van der Waals surface area contributed by atoms with Gasteiger partial charge in [0.15, 0.2) is 5.75 Å². The Bertz CT molecular complexity index is 896. The van der Waals surface area contributed by atoms with E-state index in [2.05, 4.69) is 19.9 Å². The molecule has 3 aromatic heterocycles. The fourth-order valence-corrected chi connectivity index (χ4v) is 2.82. The third kappa shape index (κ3) is 2.62. The second kappa shape index (κ2) is 5.81. The Hall–Kier alpha value is -3.15. The van der Waals surface area contributed by atoms with Crippen LogP contribution in [-0.2, 0) is 0 Å². The molecule has 0 saturated carbocycles. The van der Waals surface area contributed by atoms with Gasteiger partial charge in [0.2, 0.25) is 0 Å². The Morgan fingerprint density at radius 2 is 2.04 bits per heavy atom. The fourth-order valence-electron chi connectivity index (χ4n) is 2.82. The van der Waals surface area contributed by atoms with E-state index in [0.717, 1.165) is 40.8 Å². The lowest BCUT2D eigenvalue weighted by atomic mass is 10.1. The van der Waals surface area contributed by atoms with E-state index < -0.39 is 0 Å². The standard InChI is InChI=1S/C18H17N5O/c1-12-3-2-4-14(22-12)15-10-16-17(11-21-15)24-8-7-23(16)13-5-6-20-18(19)9-13/h2-6,9-11H,7-8H2,1H3,(H2,19,20). The van der Waals surface area contributed by atoms with Crippen molar-refractivity contribution in [3.63, 3.8) is 0 Å². The summed E-state index contributed by atoms with van der Waals surface area (Å²) in [5.41, 5.74) is 10.4. The Morgan fingerprint density at radius 3 is 2.88 bits per heavy atom. The van der Waals surface area contributed by atoms with Crippen molar-refractivity contribution in [1.82, 2.24) is 15.0 Å². The van der Waals surface area contributed by atoms with Crippen LogP contribution in [0.4, 0.5) is 17.2 Å². The molecule has 0 saturated heterocycles. The second-order valence-corrected chi connectivity index (χ2v) is 5.64. The smallest absolute Gasteiger partial charge is 0.161 e. The van der Waals surface area contributed by atoms with Crippen molar-refractivity contribution in [2.75, 3.05) is 23.8 Å². The Labute approximate surface area is 140 Å². The highest BCUT2D eigenvalue weighted by atomic mass is 16.5. The minimum Gasteiger partial charge on any atom is -0.488 e. The molecule has 24 heavy (non-hydrogen) atoms. The number of hydrogen-bond acceptors (Lipinski definition) is 6. The van der Waals surface area contributed by atoms with Gasteiger partial charge in [-0.3, -0.25) is 9.97 Å². The maximum atomic E-state index is 5.83. The van der Waals surface area contributed by atoms with Gasteiger partial charge in [-0.05, 0) is 31.2 Å². The van der Waals surface area contributed by atoms with Gasteiger partial charge in [-0.2, -0.15) is 0 Å². The molecule has 0 aliphatic carbocycles. The number of anilines is 3. The first-order chi connectivity index (χ1) is 11.7. The van der Waals surface area contributed by atoms with Crippen LogP contribution in [0.25, 0.3) is 11.4 Å². The summed E-state index contributed by atoms with van der Waals surface area (Å²) >= 11 is 0. The molecule has 0 aromatic carbocycles. The van der Waals surface area contributed by atoms with Gasteiger partial charge in [-0.1, -0.05) is 6.07 Å². The van der Waals surface area contributed by atoms with E-state index in [1.165, 1.54) is 0 Å². The van der Waals surface area contributed by atoms with E-state index in [-0.39, 0.29) is 0 Å². The van der Waals surface area contributed by atoms with Crippen molar-refractivity contribution >= 4 is 17.2 Å². The average Bonchev–Trinajstić information content (AvgIpc) is 2.61. The van der Waals surface area contributed by atoms with Gasteiger partial charge in [0, 0.05) is 23.6 Å². The lowest BCUT2D eigenvalue weighted by Gasteiger charge is -2.31. The predicted octanol–water partition coefficient (Wildman–Crippen LogP) is 2.96. The monoisotopic (exact) mass is 319 g/mol. The van der Waals surface area contributed by atoms with E-state index in [4.69, 9.17) is 10.5 Å². The van der Waals surface area contributed by atoms with Gasteiger partial charge in [0.25, 0.3) is 0 Å². The number of fused-ring (bicyclic) bond motifs is 1. The van der Waals surface area contributed by atoms with Crippen LogP contribution >= 0.6 is 0 Å². The SMILES string of the molecule is Cc1cccc(-c2cc3c(cn2)OCCN3c2ccnc(N)c2)n1. The minimum atomic E-state index is 0.496. The number of nitrogens with zero attached hydrogens (tertiary/aromatic N) is 4. The summed E-state index contributed by atoms with van der Waals surface area (Å²) in [5, 5.41) is 0. The van der Waals surface area contributed by atoms with Crippen LogP contribution in [0.5, 0.6) is 5.75 Å². The molecule has 1 aliphatic heterocycles. The molecular formula is C18H17N5O. The molecule has 4 heterocycles. The van der Waals surface area contributed by atoms with Crippen LogP contribution in [0, 0.1) is 6.92 Å². The van der Waals surface area contributed by atoms with Gasteiger partial charge in [0.1, 0.15) is 12.4 Å². The van der Waals surface area contributed by atoms with Gasteiger partial charge in [-0.15, -0.1) is 0 Å². The van der Waals surface area contributed by atoms with E-state index >= 15 is 0 Å². The molecule has 1 aliphatic rings. The largest absolute Gasteiger partial charge is 0.488 e. The molecule has 0 radical (unpaired) electrons. The number of nitrogens with two attached hydrogens (primary N) is 1. The lowest BCUT2D eigenvalue weighted by Crippen LogP contribution is -2.28. The molecule has 0 unspecified atom stereocenters. The zero-order valence-corrected chi connectivity index (χ0v) is 13.3. The number of aromatic nitrogens is 3. The topological polar surface area (TPSA) is 77.2 Å². The highest BCUT2D eigenvalue weighted by Gasteiger charge is 2.21. The molecule has 6 heteroatoms. The number of ether oxygens (including phenoxy) is 1. The number of rotatable bonds is 2. The van der Waals surface area contributed by atoms with Crippen molar-refractivity contribution in [2.45, 2.75) is 6.92 Å². The van der Waals surface area contributed by atoms with Crippen molar-refractivity contribution < 1.29 is 4.74 Å². The highest BCUT2D eigenvalue weighted by Crippen LogP contribution is 2.38. The van der Waals surface area contributed by atoms with Gasteiger partial charge >= 0.3 is 0 Å². The summed E-state index contributed by atoms with van der Waals surface area (Å²) in [5.74, 6) is 1.25. The molecule has 0 spiro atoms.